The number of carbonyl (C=O) groups is 1. The monoisotopic (exact) mass is 363 g/mol. The Morgan fingerprint density at radius 1 is 1.57 bits per heavy atom. The van der Waals surface area contributed by atoms with Crippen molar-refractivity contribution in [3.8, 4) is 0 Å². The van der Waals surface area contributed by atoms with Gasteiger partial charge in [0.15, 0.2) is 0 Å². The van der Waals surface area contributed by atoms with E-state index in [0.29, 0.717) is 0 Å². The van der Waals surface area contributed by atoms with Gasteiger partial charge in [0.1, 0.15) is 5.60 Å². The molecule has 80 valence electrons. The van der Waals surface area contributed by atoms with Crippen LogP contribution in [0.3, 0.4) is 0 Å². The van der Waals surface area contributed by atoms with Crippen molar-refractivity contribution in [1.29, 1.82) is 0 Å². The van der Waals surface area contributed by atoms with Crippen LogP contribution in [0.2, 0.25) is 0 Å². The van der Waals surface area contributed by atoms with Gasteiger partial charge in [-0.15, -0.1) is 0 Å². The number of amides is 1. The van der Waals surface area contributed by atoms with Crippen molar-refractivity contribution in [2.45, 2.75) is 45.8 Å². The molecule has 0 aliphatic rings. The Morgan fingerprint density at radius 3 is 2.29 bits per heavy atom. The summed E-state index contributed by atoms with van der Waals surface area (Å²) in [7, 11) is 0. The molecule has 0 aromatic carbocycles. The number of nitrogens with one attached hydrogen (secondary N) is 1. The molecule has 0 saturated carbocycles. The van der Waals surface area contributed by atoms with Crippen LogP contribution in [0.15, 0.2) is 0 Å². The molecule has 3 nitrogen and oxygen atoms in total. The molecule has 0 fully saturated rings. The Labute approximate surface area is 108 Å². The molecule has 0 unspecified atom stereocenters. The van der Waals surface area contributed by atoms with E-state index >= 15 is 0 Å². The average molecular weight is 365 g/mol. The molecule has 0 aliphatic carbocycles. The summed E-state index contributed by atoms with van der Waals surface area (Å²) < 4.78 is 5.02. The predicted octanol–water partition coefficient (Wildman–Crippen LogP) is 3.01. The van der Waals surface area contributed by atoms with Gasteiger partial charge in [-0.05, 0) is 20.8 Å². The third-order valence-corrected chi connectivity index (χ3v) is 1.21. The van der Waals surface area contributed by atoms with Gasteiger partial charge >= 0.3 is 40.6 Å². The van der Waals surface area contributed by atoms with Crippen molar-refractivity contribution >= 4 is 25.8 Å². The van der Waals surface area contributed by atoms with Crippen molar-refractivity contribution in [1.82, 2.24) is 5.32 Å². The van der Waals surface area contributed by atoms with Gasteiger partial charge in [-0.2, -0.15) is 0 Å². The summed E-state index contributed by atoms with van der Waals surface area (Å²) in [6, 6.07) is -0.0696. The molecule has 0 radical (unpaired) electrons. The van der Waals surface area contributed by atoms with Gasteiger partial charge in [0, 0.05) is 0 Å². The maximum absolute atomic E-state index is 11.1. The van der Waals surface area contributed by atoms with Crippen molar-refractivity contribution in [3.05, 3.63) is 6.92 Å². The summed E-state index contributed by atoms with van der Waals surface area (Å²) in [5.74, 6) is 0. The van der Waals surface area contributed by atoms with Crippen LogP contribution in [0, 0.1) is 6.92 Å². The van der Waals surface area contributed by atoms with Crippen molar-refractivity contribution in [2.24, 2.45) is 0 Å². The zero-order valence-corrected chi connectivity index (χ0v) is 14.5. The van der Waals surface area contributed by atoms with Gasteiger partial charge in [0.25, 0.3) is 0 Å². The molecular formula is C9H18INO2Zn. The quantitative estimate of drug-likeness (QED) is 0.465. The number of hydrogen-bond donors (Lipinski definition) is 1. The number of carbonyl (C=O) groups excluding carboxylic acids is 1. The van der Waals surface area contributed by atoms with Crippen molar-refractivity contribution < 1.29 is 24.3 Å². The Hall–Kier alpha value is 0.623. The first-order chi connectivity index (χ1) is 6.35. The van der Waals surface area contributed by atoms with Crippen LogP contribution in [0.25, 0.3) is 0 Å². The Morgan fingerprint density at radius 2 is 2.00 bits per heavy atom. The van der Waals surface area contributed by atoms with E-state index in [1.54, 1.807) is 0 Å². The zero-order valence-electron chi connectivity index (χ0n) is 9.39. The molecule has 0 aromatic rings. The SMILES string of the molecule is [CH2-][C@H](CC)NC(=O)OC(C)(C)C.[Zn+][I]. The first-order valence-electron chi connectivity index (χ1n) is 4.44. The summed E-state index contributed by atoms with van der Waals surface area (Å²) >= 11 is 3.62. The van der Waals surface area contributed by atoms with Gasteiger partial charge in [-0.3, -0.25) is 0 Å². The van der Waals surface area contributed by atoms with E-state index in [1.165, 1.54) is 14.8 Å². The fourth-order valence-electron chi connectivity index (χ4n) is 0.576. The van der Waals surface area contributed by atoms with E-state index in [1.807, 2.05) is 27.7 Å². The molecule has 0 rings (SSSR count). The van der Waals surface area contributed by atoms with Crippen LogP contribution in [-0.4, -0.2) is 17.7 Å². The summed E-state index contributed by atoms with van der Waals surface area (Å²) in [6.45, 7) is 11.2. The number of alkyl carbamates (subject to hydrolysis) is 1. The second-order valence-electron chi connectivity index (χ2n) is 3.75. The molecule has 5 heteroatoms. The normalized spacial score (nSPS) is 12.3. The molecule has 1 atom stereocenters. The summed E-state index contributed by atoms with van der Waals surface area (Å²) in [5, 5.41) is 2.61. The topological polar surface area (TPSA) is 38.3 Å². The third kappa shape index (κ3) is 12.6. The van der Waals surface area contributed by atoms with Gasteiger partial charge in [0.2, 0.25) is 0 Å². The molecule has 0 aliphatic heterocycles. The number of ether oxygens (including phenoxy) is 1. The maximum atomic E-state index is 11.1. The van der Waals surface area contributed by atoms with E-state index in [9.17, 15) is 4.79 Å². The molecule has 0 saturated heterocycles. The summed E-state index contributed by atoms with van der Waals surface area (Å²) in [6.07, 6.45) is 0.406. The molecule has 0 heterocycles. The van der Waals surface area contributed by atoms with Crippen LogP contribution in [0.1, 0.15) is 34.1 Å². The summed E-state index contributed by atoms with van der Waals surface area (Å²) in [5.41, 5.74) is -0.433. The van der Waals surface area contributed by atoms with Gasteiger partial charge < -0.3 is 17.0 Å². The van der Waals surface area contributed by atoms with E-state index < -0.39 is 11.7 Å². The third-order valence-electron chi connectivity index (χ3n) is 1.21. The van der Waals surface area contributed by atoms with Gasteiger partial charge in [0.05, 0.1) is 0 Å². The molecule has 1 amide bonds. The predicted molar refractivity (Wildman–Crippen MR) is 62.8 cm³/mol. The summed E-state index contributed by atoms with van der Waals surface area (Å²) in [4.78, 5) is 11.1. The Kier molecular flexibility index (Phi) is 10.8. The fraction of sp³-hybridized carbons (Fsp3) is 0.778. The zero-order chi connectivity index (χ0) is 11.8. The average Bonchev–Trinajstić information content (AvgIpc) is 2.04. The standard InChI is InChI=1S/C9H18NO2.HI.Zn/c1-6-7(2)10-8(11)12-9(3,4)5;;/h7H,2,6H2,1,3-5H3,(H,10,11);1H;/q-1;;+2/p-1/t7-;;/m1../s1. The minimum absolute atomic E-state index is 0.0696. The fourth-order valence-corrected chi connectivity index (χ4v) is 0.576. The molecule has 0 spiro atoms. The van der Waals surface area contributed by atoms with Crippen molar-refractivity contribution in [2.75, 3.05) is 0 Å². The number of rotatable bonds is 2. The van der Waals surface area contributed by atoms with Crippen LogP contribution in [-0.2, 0) is 19.5 Å². The Balaban J connectivity index is 0. The molecule has 0 aromatic heterocycles. The molecule has 14 heavy (non-hydrogen) atoms. The van der Waals surface area contributed by atoms with Crippen molar-refractivity contribution in [3.63, 3.8) is 0 Å². The first kappa shape index (κ1) is 17.0. The van der Waals surface area contributed by atoms with Gasteiger partial charge in [-0.25, -0.2) is 4.79 Å². The minimum atomic E-state index is -0.433. The van der Waals surface area contributed by atoms with Gasteiger partial charge in [-0.1, -0.05) is 19.4 Å². The first-order valence-corrected chi connectivity index (χ1v) is 13.5. The van der Waals surface area contributed by atoms with E-state index in [2.05, 4.69) is 32.0 Å². The van der Waals surface area contributed by atoms with Crippen LogP contribution < -0.4 is 5.32 Å². The van der Waals surface area contributed by atoms with E-state index in [0.717, 1.165) is 6.42 Å². The van der Waals surface area contributed by atoms with Crippen LogP contribution in [0.4, 0.5) is 4.79 Å². The Bertz CT molecular complexity index is 159. The van der Waals surface area contributed by atoms with Crippen LogP contribution >= 0.6 is 19.8 Å². The second-order valence-corrected chi connectivity index (χ2v) is 3.75. The number of halogens is 1. The molecule has 1 N–H and O–H groups in total. The van der Waals surface area contributed by atoms with E-state index in [4.69, 9.17) is 4.74 Å². The molecule has 0 bridgehead atoms. The number of hydrogen-bond acceptors (Lipinski definition) is 2. The molecular weight excluding hydrogens is 346 g/mol. The van der Waals surface area contributed by atoms with E-state index in [-0.39, 0.29) is 6.04 Å². The van der Waals surface area contributed by atoms with Crippen LogP contribution in [0.5, 0.6) is 0 Å². The second kappa shape index (κ2) is 8.89.